The van der Waals surface area contributed by atoms with Crippen molar-refractivity contribution in [3.8, 4) is 0 Å². The van der Waals surface area contributed by atoms with Crippen molar-refractivity contribution in [2.45, 2.75) is 72.9 Å². The van der Waals surface area contributed by atoms with Crippen LogP contribution in [0.15, 0.2) is 12.7 Å². The van der Waals surface area contributed by atoms with E-state index in [2.05, 4.69) is 22.5 Å². The quantitative estimate of drug-likeness (QED) is 0.248. The van der Waals surface area contributed by atoms with Crippen LogP contribution >= 0.6 is 27.7 Å². The zero-order valence-corrected chi connectivity index (χ0v) is 20.6. The number of amides is 2. The zero-order chi connectivity index (χ0) is 22.9. The molecule has 0 radical (unpaired) electrons. The third kappa shape index (κ3) is 4.17. The van der Waals surface area contributed by atoms with Gasteiger partial charge in [0.15, 0.2) is 0 Å². The van der Waals surface area contributed by atoms with E-state index in [9.17, 15) is 19.5 Å². The van der Waals surface area contributed by atoms with Crippen molar-refractivity contribution in [2.24, 2.45) is 11.8 Å². The predicted octanol–water partition coefficient (Wildman–Crippen LogP) is 2.51. The summed E-state index contributed by atoms with van der Waals surface area (Å²) in [5.41, 5.74) is 0. The van der Waals surface area contributed by atoms with E-state index in [-0.39, 0.29) is 34.5 Å². The molecule has 3 fully saturated rings. The summed E-state index contributed by atoms with van der Waals surface area (Å²) in [7, 11) is 0. The first kappa shape index (κ1) is 24.6. The number of hydrogen-bond acceptors (Lipinski definition) is 5. The van der Waals surface area contributed by atoms with Crippen LogP contribution < -0.4 is 0 Å². The van der Waals surface area contributed by atoms with Gasteiger partial charge in [0.25, 0.3) is 0 Å². The Balaban J connectivity index is 1.96. The van der Waals surface area contributed by atoms with Crippen LogP contribution in [0.3, 0.4) is 0 Å². The molecule has 3 rings (SSSR count). The van der Waals surface area contributed by atoms with Crippen LogP contribution in [0.4, 0.5) is 0 Å². The summed E-state index contributed by atoms with van der Waals surface area (Å²) in [5.74, 6) is -2.70. The molecule has 3 heterocycles. The predicted molar refractivity (Wildman–Crippen MR) is 124 cm³/mol. The normalized spacial score (nSPS) is 33.8. The molecule has 0 saturated carbocycles. The number of carboxylic acid groups (broad SMARTS) is 1. The summed E-state index contributed by atoms with van der Waals surface area (Å²) < 4.78 is -0.713. The Morgan fingerprint density at radius 1 is 1.35 bits per heavy atom. The lowest BCUT2D eigenvalue weighted by Gasteiger charge is -2.39. The summed E-state index contributed by atoms with van der Waals surface area (Å²) in [4.78, 5) is 43.0. The highest BCUT2D eigenvalue weighted by molar-refractivity contribution is 9.09. The van der Waals surface area contributed by atoms with Crippen LogP contribution in [0.25, 0.3) is 0 Å². The number of carbonyl (C=O) groups is 3. The van der Waals surface area contributed by atoms with E-state index >= 15 is 0 Å². The Hall–Kier alpha value is -1.06. The number of hydrogen-bond donors (Lipinski definition) is 2. The van der Waals surface area contributed by atoms with Gasteiger partial charge in [-0.25, -0.2) is 0 Å². The van der Waals surface area contributed by atoms with Gasteiger partial charge >= 0.3 is 5.97 Å². The molecule has 3 aliphatic rings. The number of halogens is 1. The molecule has 7 nitrogen and oxygen atoms in total. The molecule has 0 aromatic rings. The van der Waals surface area contributed by atoms with E-state index in [0.29, 0.717) is 25.9 Å². The van der Waals surface area contributed by atoms with Gasteiger partial charge in [0.2, 0.25) is 11.8 Å². The lowest BCUT2D eigenvalue weighted by atomic mass is 9.71. The summed E-state index contributed by atoms with van der Waals surface area (Å²) in [6.07, 6.45) is 5.45. The van der Waals surface area contributed by atoms with Gasteiger partial charge in [-0.15, -0.1) is 18.3 Å². The van der Waals surface area contributed by atoms with Gasteiger partial charge in [0, 0.05) is 35.8 Å². The third-order valence-corrected chi connectivity index (χ3v) is 10.1. The Kier molecular flexibility index (Phi) is 7.79. The molecule has 2 bridgehead atoms. The van der Waals surface area contributed by atoms with Crippen LogP contribution in [-0.2, 0) is 14.4 Å². The fourth-order valence-corrected chi connectivity index (χ4v) is 9.13. The second-order valence-corrected chi connectivity index (χ2v) is 11.8. The number of thioether (sulfide) groups is 1. The Labute approximate surface area is 196 Å². The van der Waals surface area contributed by atoms with Gasteiger partial charge in [0.1, 0.15) is 6.04 Å². The van der Waals surface area contributed by atoms with Gasteiger partial charge in [0.05, 0.1) is 16.6 Å². The first-order chi connectivity index (χ1) is 14.7. The summed E-state index contributed by atoms with van der Waals surface area (Å²) >= 11 is 5.19. The standard InChI is InChI=1S/C22H33BrN2O5S/c1-4-9-24(13(2)3)20(28)18-22-12-14(23)17(31-22)15(21(29)30)16(22)19(27)25(18)10-7-5-6-8-11-26/h4,13-18,26H,1,5-12H2,2-3H3,(H,29,30)/t14?,15-,16-,17-,18?,22?/m0/s1. The first-order valence-electron chi connectivity index (χ1n) is 11.1. The van der Waals surface area contributed by atoms with Gasteiger partial charge < -0.3 is 20.0 Å². The smallest absolute Gasteiger partial charge is 0.308 e. The van der Waals surface area contributed by atoms with Crippen LogP contribution in [0.5, 0.6) is 0 Å². The topological polar surface area (TPSA) is 98.2 Å². The molecular formula is C22H33BrN2O5S. The van der Waals surface area contributed by atoms with Crippen LogP contribution in [-0.4, -0.2) is 84.4 Å². The lowest BCUT2D eigenvalue weighted by Crippen LogP contribution is -2.56. The fraction of sp³-hybridized carbons (Fsp3) is 0.773. The minimum atomic E-state index is -0.954. The van der Waals surface area contributed by atoms with E-state index in [1.54, 1.807) is 15.9 Å². The number of unbranched alkanes of at least 4 members (excludes halogenated alkanes) is 3. The largest absolute Gasteiger partial charge is 0.481 e. The maximum atomic E-state index is 13.9. The van der Waals surface area contributed by atoms with Crippen molar-refractivity contribution in [3.05, 3.63) is 12.7 Å². The highest BCUT2D eigenvalue weighted by Gasteiger charge is 2.75. The Morgan fingerprint density at radius 3 is 2.61 bits per heavy atom. The minimum absolute atomic E-state index is 0.0330. The summed E-state index contributed by atoms with van der Waals surface area (Å²) in [5, 5.41) is 18.7. The molecule has 2 amide bonds. The van der Waals surface area contributed by atoms with Gasteiger partial charge in [-0.2, -0.15) is 0 Å². The molecule has 3 saturated heterocycles. The molecule has 2 N–H and O–H groups in total. The number of fused-ring (bicyclic) bond motifs is 1. The van der Waals surface area contributed by atoms with Crippen molar-refractivity contribution >= 4 is 45.5 Å². The maximum Gasteiger partial charge on any atom is 0.308 e. The van der Waals surface area contributed by atoms with Crippen molar-refractivity contribution in [2.75, 3.05) is 19.7 Å². The van der Waals surface area contributed by atoms with E-state index in [1.807, 2.05) is 13.8 Å². The van der Waals surface area contributed by atoms with Crippen molar-refractivity contribution in [1.82, 2.24) is 9.80 Å². The highest BCUT2D eigenvalue weighted by Crippen LogP contribution is 2.67. The maximum absolute atomic E-state index is 13.9. The number of aliphatic hydroxyl groups is 1. The number of alkyl halides is 1. The molecule has 6 atom stereocenters. The van der Waals surface area contributed by atoms with E-state index in [0.717, 1.165) is 19.3 Å². The number of nitrogens with zero attached hydrogens (tertiary/aromatic N) is 2. The second-order valence-electron chi connectivity index (χ2n) is 9.04. The van der Waals surface area contributed by atoms with Crippen molar-refractivity contribution in [3.63, 3.8) is 0 Å². The summed E-state index contributed by atoms with van der Waals surface area (Å²) in [6.45, 7) is 8.63. The molecule has 1 spiro atoms. The van der Waals surface area contributed by atoms with E-state index < -0.39 is 28.6 Å². The zero-order valence-electron chi connectivity index (χ0n) is 18.2. The third-order valence-electron chi connectivity index (χ3n) is 6.85. The van der Waals surface area contributed by atoms with Gasteiger partial charge in [-0.1, -0.05) is 34.8 Å². The Bertz CT molecular complexity index is 735. The number of aliphatic hydroxyl groups excluding tert-OH is 1. The van der Waals surface area contributed by atoms with Crippen LogP contribution in [0, 0.1) is 11.8 Å². The number of aliphatic carboxylic acids is 1. The molecule has 174 valence electrons. The minimum Gasteiger partial charge on any atom is -0.481 e. The van der Waals surface area contributed by atoms with Crippen LogP contribution in [0.1, 0.15) is 46.0 Å². The molecule has 0 aromatic carbocycles. The van der Waals surface area contributed by atoms with Crippen molar-refractivity contribution < 1.29 is 24.6 Å². The first-order valence-corrected chi connectivity index (χ1v) is 12.9. The average molecular weight is 517 g/mol. The van der Waals surface area contributed by atoms with E-state index in [1.165, 1.54) is 11.8 Å². The SMILES string of the molecule is C=CCN(C(=O)C1N(CCCCCCO)C(=O)[C@@H]2[C@H](C(=O)O)[C@H]3SC12CC3Br)C(C)C. The van der Waals surface area contributed by atoms with Crippen molar-refractivity contribution in [1.29, 1.82) is 0 Å². The lowest BCUT2D eigenvalue weighted by molar-refractivity contribution is -0.148. The Morgan fingerprint density at radius 2 is 2.03 bits per heavy atom. The molecule has 0 aliphatic carbocycles. The van der Waals surface area contributed by atoms with Gasteiger partial charge in [-0.3, -0.25) is 14.4 Å². The molecular weight excluding hydrogens is 484 g/mol. The monoisotopic (exact) mass is 516 g/mol. The average Bonchev–Trinajstić information content (AvgIpc) is 3.29. The number of rotatable bonds is 11. The number of carboxylic acids is 1. The summed E-state index contributed by atoms with van der Waals surface area (Å²) in [6, 6.07) is -0.717. The molecule has 3 unspecified atom stereocenters. The molecule has 3 aliphatic heterocycles. The molecule has 9 heteroatoms. The molecule has 31 heavy (non-hydrogen) atoms. The number of likely N-dealkylation sites (tertiary alicyclic amines) is 1. The van der Waals surface area contributed by atoms with Crippen LogP contribution in [0.2, 0.25) is 0 Å². The number of carbonyl (C=O) groups excluding carboxylic acids is 2. The molecule has 0 aromatic heterocycles. The fourth-order valence-electron chi connectivity index (χ4n) is 5.53. The van der Waals surface area contributed by atoms with Gasteiger partial charge in [-0.05, 0) is 33.1 Å². The highest BCUT2D eigenvalue weighted by atomic mass is 79.9. The second kappa shape index (κ2) is 9.83. The van der Waals surface area contributed by atoms with E-state index in [4.69, 9.17) is 5.11 Å².